The summed E-state index contributed by atoms with van der Waals surface area (Å²) in [5.74, 6) is 0. The molecule has 2 N–H and O–H groups in total. The fraction of sp³-hybridized carbons (Fsp3) is 0.100. The minimum absolute atomic E-state index is 0.830. The van der Waals surface area contributed by atoms with E-state index in [1.807, 2.05) is 35.2 Å². The highest BCUT2D eigenvalue weighted by atomic mass is 32.1. The van der Waals surface area contributed by atoms with Crippen LogP contribution < -0.4 is 5.73 Å². The summed E-state index contributed by atoms with van der Waals surface area (Å²) in [5.41, 5.74) is 10.7. The third-order valence-corrected chi connectivity index (χ3v) is 2.55. The van der Waals surface area contributed by atoms with Gasteiger partial charge >= 0.3 is 0 Å². The maximum atomic E-state index is 5.81. The van der Waals surface area contributed by atoms with Gasteiger partial charge in [0.05, 0.1) is 11.2 Å². The van der Waals surface area contributed by atoms with Crippen molar-refractivity contribution in [3.05, 3.63) is 46.4 Å². The van der Waals surface area contributed by atoms with Crippen molar-refractivity contribution in [3.8, 4) is 0 Å². The van der Waals surface area contributed by atoms with E-state index in [0.717, 1.165) is 23.4 Å². The first-order valence-electron chi connectivity index (χ1n) is 4.07. The molecule has 2 rings (SSSR count). The van der Waals surface area contributed by atoms with Crippen LogP contribution in [0.25, 0.3) is 0 Å². The Hall–Kier alpha value is -1.35. The highest BCUT2D eigenvalue weighted by molar-refractivity contribution is 7.07. The van der Waals surface area contributed by atoms with Crippen molar-refractivity contribution in [2.75, 3.05) is 5.73 Å². The summed E-state index contributed by atoms with van der Waals surface area (Å²) in [6, 6.07) is 7.90. The number of hydrogen-bond donors (Lipinski definition) is 1. The number of nitrogens with two attached hydrogens (primary N) is 1. The lowest BCUT2D eigenvalue weighted by molar-refractivity contribution is 1.11. The number of anilines is 1. The van der Waals surface area contributed by atoms with Gasteiger partial charge in [-0.25, -0.2) is 4.98 Å². The van der Waals surface area contributed by atoms with Crippen LogP contribution in [-0.2, 0) is 6.42 Å². The van der Waals surface area contributed by atoms with Crippen molar-refractivity contribution in [2.45, 2.75) is 6.42 Å². The number of hydrogen-bond acceptors (Lipinski definition) is 3. The molecule has 0 spiro atoms. The van der Waals surface area contributed by atoms with E-state index in [2.05, 4.69) is 4.98 Å². The zero-order valence-corrected chi connectivity index (χ0v) is 7.92. The van der Waals surface area contributed by atoms with E-state index >= 15 is 0 Å². The van der Waals surface area contributed by atoms with Crippen LogP contribution >= 0.6 is 11.3 Å². The maximum Gasteiger partial charge on any atom is 0.0794 e. The van der Waals surface area contributed by atoms with Gasteiger partial charge in [0.2, 0.25) is 0 Å². The monoisotopic (exact) mass is 190 g/mol. The lowest BCUT2D eigenvalue weighted by Crippen LogP contribution is -1.94. The van der Waals surface area contributed by atoms with E-state index in [0.29, 0.717) is 0 Å². The molecule has 66 valence electrons. The van der Waals surface area contributed by atoms with Crippen LogP contribution in [0.15, 0.2) is 35.2 Å². The smallest absolute Gasteiger partial charge is 0.0794 e. The van der Waals surface area contributed by atoms with E-state index in [1.165, 1.54) is 0 Å². The van der Waals surface area contributed by atoms with Crippen LogP contribution in [0.2, 0.25) is 0 Å². The number of nitrogens with zero attached hydrogens (tertiary/aromatic N) is 1. The number of rotatable bonds is 2. The van der Waals surface area contributed by atoms with Crippen molar-refractivity contribution in [2.24, 2.45) is 0 Å². The lowest BCUT2D eigenvalue weighted by Gasteiger charge is -2.01. The molecule has 2 nitrogen and oxygen atoms in total. The van der Waals surface area contributed by atoms with Crippen molar-refractivity contribution in [1.29, 1.82) is 0 Å². The highest BCUT2D eigenvalue weighted by Crippen LogP contribution is 2.15. The maximum absolute atomic E-state index is 5.81. The molecule has 0 bridgehead atoms. The average molecular weight is 190 g/mol. The Morgan fingerprint density at radius 2 is 2.15 bits per heavy atom. The van der Waals surface area contributed by atoms with Gasteiger partial charge in [0.15, 0.2) is 0 Å². The van der Waals surface area contributed by atoms with Crippen molar-refractivity contribution >= 4 is 17.0 Å². The molecule has 1 heterocycles. The Morgan fingerprint density at radius 3 is 2.85 bits per heavy atom. The van der Waals surface area contributed by atoms with Crippen LogP contribution in [0.4, 0.5) is 5.69 Å². The summed E-state index contributed by atoms with van der Waals surface area (Å²) < 4.78 is 0. The van der Waals surface area contributed by atoms with Crippen molar-refractivity contribution in [1.82, 2.24) is 4.98 Å². The van der Waals surface area contributed by atoms with Gasteiger partial charge in [-0.15, -0.1) is 11.3 Å². The van der Waals surface area contributed by atoms with Gasteiger partial charge in [0.25, 0.3) is 0 Å². The molecule has 13 heavy (non-hydrogen) atoms. The van der Waals surface area contributed by atoms with Crippen molar-refractivity contribution in [3.63, 3.8) is 0 Å². The van der Waals surface area contributed by atoms with Gasteiger partial charge in [-0.05, 0) is 11.6 Å². The Kier molecular flexibility index (Phi) is 2.27. The standard InChI is InChI=1S/C10H10N2S/c11-10-4-2-1-3-8(10)5-9-6-13-7-12-9/h1-4,6-7H,5,11H2. The molecule has 0 fully saturated rings. The molecule has 0 saturated heterocycles. The van der Waals surface area contributed by atoms with Gasteiger partial charge in [-0.1, -0.05) is 18.2 Å². The lowest BCUT2D eigenvalue weighted by atomic mass is 10.1. The van der Waals surface area contributed by atoms with Crippen LogP contribution in [0.3, 0.4) is 0 Å². The van der Waals surface area contributed by atoms with Crippen LogP contribution in [0, 0.1) is 0 Å². The zero-order valence-electron chi connectivity index (χ0n) is 7.10. The molecule has 0 radical (unpaired) electrons. The quantitative estimate of drug-likeness (QED) is 0.738. The molecule has 0 atom stereocenters. The molecule has 0 saturated carbocycles. The Bertz CT molecular complexity index is 382. The number of thiazole rings is 1. The molecule has 1 aromatic heterocycles. The molecule has 0 amide bonds. The Morgan fingerprint density at radius 1 is 1.31 bits per heavy atom. The fourth-order valence-corrected chi connectivity index (χ4v) is 1.77. The number of benzene rings is 1. The SMILES string of the molecule is Nc1ccccc1Cc1cscn1. The minimum Gasteiger partial charge on any atom is -0.398 e. The Balaban J connectivity index is 2.24. The molecule has 2 aromatic rings. The zero-order chi connectivity index (χ0) is 9.10. The average Bonchev–Trinajstić information content (AvgIpc) is 2.61. The number of nitrogen functional groups attached to an aromatic ring is 1. The first-order chi connectivity index (χ1) is 6.36. The second kappa shape index (κ2) is 3.58. The number of aromatic nitrogens is 1. The Labute approximate surface area is 81.1 Å². The summed E-state index contributed by atoms with van der Waals surface area (Å²) in [6.45, 7) is 0. The first kappa shape index (κ1) is 8.26. The summed E-state index contributed by atoms with van der Waals surface area (Å²) in [4.78, 5) is 4.22. The van der Waals surface area contributed by atoms with Gasteiger partial charge < -0.3 is 5.73 Å². The van der Waals surface area contributed by atoms with Crippen LogP contribution in [0.5, 0.6) is 0 Å². The van der Waals surface area contributed by atoms with Gasteiger partial charge in [-0.3, -0.25) is 0 Å². The van der Waals surface area contributed by atoms with Crippen molar-refractivity contribution < 1.29 is 0 Å². The summed E-state index contributed by atoms with van der Waals surface area (Å²) >= 11 is 1.61. The van der Waals surface area contributed by atoms with Crippen LogP contribution in [-0.4, -0.2) is 4.98 Å². The molecule has 3 heteroatoms. The molecule has 0 aliphatic carbocycles. The van der Waals surface area contributed by atoms with Gasteiger partial charge in [-0.2, -0.15) is 0 Å². The van der Waals surface area contributed by atoms with E-state index < -0.39 is 0 Å². The largest absolute Gasteiger partial charge is 0.398 e. The molecular formula is C10H10N2S. The van der Waals surface area contributed by atoms with E-state index in [9.17, 15) is 0 Å². The second-order valence-corrected chi connectivity index (χ2v) is 3.57. The minimum atomic E-state index is 0.830. The summed E-state index contributed by atoms with van der Waals surface area (Å²) in [5, 5.41) is 2.05. The molecule has 0 unspecified atom stereocenters. The normalized spacial score (nSPS) is 10.2. The van der Waals surface area contributed by atoms with E-state index in [-0.39, 0.29) is 0 Å². The van der Waals surface area contributed by atoms with E-state index in [1.54, 1.807) is 11.3 Å². The highest BCUT2D eigenvalue weighted by Gasteiger charge is 2.00. The molecular weight excluding hydrogens is 180 g/mol. The molecule has 0 aliphatic rings. The third kappa shape index (κ3) is 1.87. The summed E-state index contributed by atoms with van der Waals surface area (Å²) in [6.07, 6.45) is 0.830. The molecule has 1 aromatic carbocycles. The third-order valence-electron chi connectivity index (χ3n) is 1.91. The predicted octanol–water partition coefficient (Wildman–Crippen LogP) is 2.32. The fourth-order valence-electron chi connectivity index (χ4n) is 1.22. The van der Waals surface area contributed by atoms with Gasteiger partial charge in [0.1, 0.15) is 0 Å². The summed E-state index contributed by atoms with van der Waals surface area (Å²) in [7, 11) is 0. The van der Waals surface area contributed by atoms with Crippen LogP contribution in [0.1, 0.15) is 11.3 Å². The predicted molar refractivity (Wildman–Crippen MR) is 55.8 cm³/mol. The van der Waals surface area contributed by atoms with Gasteiger partial charge in [0, 0.05) is 17.5 Å². The first-order valence-corrected chi connectivity index (χ1v) is 5.01. The molecule has 0 aliphatic heterocycles. The topological polar surface area (TPSA) is 38.9 Å². The second-order valence-electron chi connectivity index (χ2n) is 2.86. The van der Waals surface area contributed by atoms with E-state index in [4.69, 9.17) is 5.73 Å². The number of para-hydroxylation sites is 1.